The summed E-state index contributed by atoms with van der Waals surface area (Å²) < 4.78 is 5.16. The third kappa shape index (κ3) is 4.43. The van der Waals surface area contributed by atoms with Gasteiger partial charge in [0.05, 0.1) is 6.42 Å². The quantitative estimate of drug-likeness (QED) is 0.449. The largest absolute Gasteiger partial charge is 0.480 e. The van der Waals surface area contributed by atoms with E-state index in [4.69, 9.17) is 4.74 Å². The van der Waals surface area contributed by atoms with E-state index in [0.717, 1.165) is 18.4 Å². The third-order valence-electron chi connectivity index (χ3n) is 11.0. The normalized spacial score (nSPS) is 38.7. The molecule has 10 nitrogen and oxygen atoms in total. The molecule has 10 heteroatoms. The molecule has 40 heavy (non-hydrogen) atoms. The SMILES string of the molecule is C[C@]12CCC(=O)C=C1CCC1C2C(=O)C[C@@]2(C)C1CC[C@]2(O)C(=O)COC(=O)CCC(=O)N1CCCC1C(=O)O. The van der Waals surface area contributed by atoms with Gasteiger partial charge in [0.1, 0.15) is 17.4 Å². The molecule has 0 aromatic heterocycles. The second kappa shape index (κ2) is 10.2. The number of aliphatic carboxylic acids is 1. The first-order chi connectivity index (χ1) is 18.8. The molecular formula is C30H39NO9. The number of rotatable bonds is 7. The molecule has 0 bridgehead atoms. The summed E-state index contributed by atoms with van der Waals surface area (Å²) in [7, 11) is 0. The first-order valence-corrected chi connectivity index (χ1v) is 14.5. The standard InChI is InChI=1S/C30H39NO9/c1-28-11-9-18(32)14-17(28)5-6-19-20-10-12-30(39,29(20,2)15-22(33)26(19)28)23(34)16-40-25(36)8-7-24(35)31-13-3-4-21(31)27(37)38/h14,19-21,26,39H,3-13,15-16H2,1-2H3,(H,37,38)/t19?,20?,21?,26?,28-,29-,30-/m0/s1. The number of carboxylic acid groups (broad SMARTS) is 1. The lowest BCUT2D eigenvalue weighted by Crippen LogP contribution is -2.61. The summed E-state index contributed by atoms with van der Waals surface area (Å²) in [5.41, 5.74) is -2.10. The fraction of sp³-hybridized carbons (Fsp3) is 0.733. The molecule has 4 aliphatic carbocycles. The van der Waals surface area contributed by atoms with E-state index in [9.17, 15) is 39.0 Å². The molecule has 5 aliphatic rings. The number of carbonyl (C=O) groups is 6. The van der Waals surface area contributed by atoms with E-state index in [1.165, 1.54) is 4.90 Å². The van der Waals surface area contributed by atoms with Crippen molar-refractivity contribution in [1.29, 1.82) is 0 Å². The highest BCUT2D eigenvalue weighted by Crippen LogP contribution is 2.66. The van der Waals surface area contributed by atoms with Crippen LogP contribution in [0.15, 0.2) is 11.6 Å². The van der Waals surface area contributed by atoms with E-state index < -0.39 is 47.3 Å². The summed E-state index contributed by atoms with van der Waals surface area (Å²) in [4.78, 5) is 76.5. The van der Waals surface area contributed by atoms with E-state index in [1.807, 2.05) is 6.92 Å². The number of amides is 1. The zero-order chi connectivity index (χ0) is 29.0. The molecule has 0 aromatic carbocycles. The van der Waals surface area contributed by atoms with Crippen LogP contribution in [-0.2, 0) is 33.5 Å². The Morgan fingerprint density at radius 1 is 1.05 bits per heavy atom. The molecule has 4 unspecified atom stereocenters. The van der Waals surface area contributed by atoms with Gasteiger partial charge in [-0.05, 0) is 68.3 Å². The summed E-state index contributed by atoms with van der Waals surface area (Å²) in [5.74, 6) is -3.07. The minimum absolute atomic E-state index is 0.0113. The Balaban J connectivity index is 1.22. The molecule has 0 radical (unpaired) electrons. The van der Waals surface area contributed by atoms with Crippen molar-refractivity contribution < 1.29 is 43.7 Å². The first kappa shape index (κ1) is 28.6. The molecule has 5 rings (SSSR count). The van der Waals surface area contributed by atoms with Gasteiger partial charge in [-0.15, -0.1) is 0 Å². The van der Waals surface area contributed by atoms with Crippen molar-refractivity contribution in [2.75, 3.05) is 13.2 Å². The Kier molecular flexibility index (Phi) is 7.30. The van der Waals surface area contributed by atoms with Crippen LogP contribution in [0.2, 0.25) is 0 Å². The van der Waals surface area contributed by atoms with Crippen molar-refractivity contribution in [1.82, 2.24) is 4.90 Å². The van der Waals surface area contributed by atoms with Crippen molar-refractivity contribution in [3.05, 3.63) is 11.6 Å². The van der Waals surface area contributed by atoms with E-state index in [2.05, 4.69) is 6.92 Å². The van der Waals surface area contributed by atoms with Gasteiger partial charge in [0.25, 0.3) is 0 Å². The zero-order valence-electron chi connectivity index (χ0n) is 23.3. The van der Waals surface area contributed by atoms with Crippen LogP contribution in [0.1, 0.15) is 84.5 Å². The topological polar surface area (TPSA) is 155 Å². The van der Waals surface area contributed by atoms with E-state index in [-0.39, 0.29) is 60.4 Å². The van der Waals surface area contributed by atoms with Gasteiger partial charge < -0.3 is 19.8 Å². The number of nitrogens with zero attached hydrogens (tertiary/aromatic N) is 1. The number of ether oxygens (including phenoxy) is 1. The van der Waals surface area contributed by atoms with Crippen LogP contribution in [0.3, 0.4) is 0 Å². The van der Waals surface area contributed by atoms with Crippen LogP contribution in [0, 0.1) is 28.6 Å². The molecule has 218 valence electrons. The lowest BCUT2D eigenvalue weighted by atomic mass is 9.46. The van der Waals surface area contributed by atoms with Gasteiger partial charge in [-0.1, -0.05) is 19.4 Å². The molecule has 4 fully saturated rings. The minimum Gasteiger partial charge on any atom is -0.480 e. The third-order valence-corrected chi connectivity index (χ3v) is 11.0. The Morgan fingerprint density at radius 2 is 1.80 bits per heavy atom. The van der Waals surface area contributed by atoms with Crippen molar-refractivity contribution >= 4 is 35.2 Å². The van der Waals surface area contributed by atoms with Crippen molar-refractivity contribution in [2.45, 2.75) is 96.1 Å². The number of aliphatic hydroxyl groups is 1. The Morgan fingerprint density at radius 3 is 2.52 bits per heavy atom. The fourth-order valence-electron chi connectivity index (χ4n) is 8.86. The Bertz CT molecular complexity index is 1190. The monoisotopic (exact) mass is 557 g/mol. The molecule has 7 atom stereocenters. The summed E-state index contributed by atoms with van der Waals surface area (Å²) in [6.07, 6.45) is 5.53. The number of fused-ring (bicyclic) bond motifs is 5. The van der Waals surface area contributed by atoms with Crippen LogP contribution in [-0.4, -0.2) is 75.1 Å². The van der Waals surface area contributed by atoms with Gasteiger partial charge >= 0.3 is 11.9 Å². The molecular weight excluding hydrogens is 518 g/mol. The summed E-state index contributed by atoms with van der Waals surface area (Å²) in [6, 6.07) is -0.886. The van der Waals surface area contributed by atoms with Crippen LogP contribution in [0.5, 0.6) is 0 Å². The molecule has 1 heterocycles. The molecule has 2 N–H and O–H groups in total. The fourth-order valence-corrected chi connectivity index (χ4v) is 8.86. The van der Waals surface area contributed by atoms with E-state index >= 15 is 0 Å². The van der Waals surface area contributed by atoms with Crippen LogP contribution in [0.25, 0.3) is 0 Å². The molecule has 1 saturated heterocycles. The number of carboxylic acids is 1. The Hall–Kier alpha value is -2.88. The molecule has 0 spiro atoms. The first-order valence-electron chi connectivity index (χ1n) is 14.5. The van der Waals surface area contributed by atoms with Crippen molar-refractivity contribution in [3.8, 4) is 0 Å². The summed E-state index contributed by atoms with van der Waals surface area (Å²) in [5, 5.41) is 21.0. The maximum absolute atomic E-state index is 13.7. The summed E-state index contributed by atoms with van der Waals surface area (Å²) in [6.45, 7) is 3.57. The second-order valence-corrected chi connectivity index (χ2v) is 13.0. The maximum atomic E-state index is 13.7. The van der Waals surface area contributed by atoms with Crippen LogP contribution in [0.4, 0.5) is 0 Å². The number of ketones is 3. The number of hydrogen-bond donors (Lipinski definition) is 2. The van der Waals surface area contributed by atoms with Gasteiger partial charge in [-0.3, -0.25) is 24.0 Å². The zero-order valence-corrected chi connectivity index (χ0v) is 23.3. The lowest BCUT2D eigenvalue weighted by Gasteiger charge is -2.57. The number of allylic oxidation sites excluding steroid dienone is 1. The van der Waals surface area contributed by atoms with E-state index in [1.54, 1.807) is 6.08 Å². The molecule has 1 amide bonds. The van der Waals surface area contributed by atoms with Crippen molar-refractivity contribution in [2.24, 2.45) is 28.6 Å². The predicted octanol–water partition coefficient (Wildman–Crippen LogP) is 2.40. The average Bonchev–Trinajstić information content (AvgIpc) is 3.50. The number of Topliss-reactive ketones (excluding diaryl/α,β-unsaturated/α-hetero) is 2. The molecule has 3 saturated carbocycles. The highest BCUT2D eigenvalue weighted by atomic mass is 16.5. The smallest absolute Gasteiger partial charge is 0.326 e. The van der Waals surface area contributed by atoms with Crippen LogP contribution < -0.4 is 0 Å². The average molecular weight is 558 g/mol. The van der Waals surface area contributed by atoms with Gasteiger partial charge in [-0.25, -0.2) is 4.79 Å². The highest BCUT2D eigenvalue weighted by Gasteiger charge is 2.68. The number of likely N-dealkylation sites (tertiary alicyclic amines) is 1. The van der Waals surface area contributed by atoms with E-state index in [0.29, 0.717) is 38.6 Å². The van der Waals surface area contributed by atoms with Gasteiger partial charge in [-0.2, -0.15) is 0 Å². The predicted molar refractivity (Wildman–Crippen MR) is 140 cm³/mol. The molecule has 1 aliphatic heterocycles. The maximum Gasteiger partial charge on any atom is 0.326 e. The highest BCUT2D eigenvalue weighted by molar-refractivity contribution is 5.95. The number of esters is 1. The van der Waals surface area contributed by atoms with Crippen LogP contribution >= 0.6 is 0 Å². The van der Waals surface area contributed by atoms with Gasteiger partial charge in [0.15, 0.2) is 12.4 Å². The number of carbonyl (C=O) groups excluding carboxylic acids is 5. The summed E-state index contributed by atoms with van der Waals surface area (Å²) >= 11 is 0. The second-order valence-electron chi connectivity index (χ2n) is 13.0. The van der Waals surface area contributed by atoms with Gasteiger partial charge in [0.2, 0.25) is 11.7 Å². The van der Waals surface area contributed by atoms with Gasteiger partial charge in [0, 0.05) is 37.1 Å². The Labute approximate surface area is 233 Å². The lowest BCUT2D eigenvalue weighted by molar-refractivity contribution is -0.174. The van der Waals surface area contributed by atoms with Crippen molar-refractivity contribution in [3.63, 3.8) is 0 Å². The number of hydrogen-bond acceptors (Lipinski definition) is 8. The minimum atomic E-state index is -1.81. The molecule has 0 aromatic rings.